The molecular formula is C27H25F2N5O3S. The van der Waals surface area contributed by atoms with Gasteiger partial charge in [0.25, 0.3) is 0 Å². The van der Waals surface area contributed by atoms with E-state index in [9.17, 15) is 23.2 Å². The van der Waals surface area contributed by atoms with Crippen molar-refractivity contribution >= 4 is 56.8 Å². The van der Waals surface area contributed by atoms with Gasteiger partial charge in [-0.3, -0.25) is 14.4 Å². The highest BCUT2D eigenvalue weighted by molar-refractivity contribution is 7.16. The Hall–Kier alpha value is -4.38. The van der Waals surface area contributed by atoms with Gasteiger partial charge in [0, 0.05) is 32.3 Å². The lowest BCUT2D eigenvalue weighted by Crippen LogP contribution is -2.51. The van der Waals surface area contributed by atoms with Crippen molar-refractivity contribution in [3.8, 4) is 0 Å². The highest BCUT2D eigenvalue weighted by Crippen LogP contribution is 2.25. The quantitative estimate of drug-likeness (QED) is 0.299. The Kier molecular flexibility index (Phi) is 8.27. The second-order valence-electron chi connectivity index (χ2n) is 8.64. The van der Waals surface area contributed by atoms with Crippen molar-refractivity contribution in [1.82, 2.24) is 10.3 Å². The maximum Gasteiger partial charge on any atom is 0.249 e. The van der Waals surface area contributed by atoms with Crippen LogP contribution in [-0.4, -0.2) is 49.9 Å². The predicted molar refractivity (Wildman–Crippen MR) is 144 cm³/mol. The lowest BCUT2D eigenvalue weighted by atomic mass is 10.0. The first-order chi connectivity index (χ1) is 18.2. The number of fused-ring (bicyclic) bond motifs is 1. The number of aromatic nitrogens is 1. The lowest BCUT2D eigenvalue weighted by molar-refractivity contribution is -0.126. The fourth-order valence-electron chi connectivity index (χ4n) is 4.11. The molecule has 0 radical (unpaired) electrons. The number of hydrogen-bond donors (Lipinski definition) is 2. The van der Waals surface area contributed by atoms with Crippen molar-refractivity contribution in [2.75, 3.05) is 35.8 Å². The summed E-state index contributed by atoms with van der Waals surface area (Å²) >= 11 is 1.47. The van der Waals surface area contributed by atoms with Crippen molar-refractivity contribution in [2.24, 2.45) is 0 Å². The summed E-state index contributed by atoms with van der Waals surface area (Å²) in [5.74, 6) is -2.52. The molecule has 4 aromatic rings. The molecule has 8 nitrogen and oxygen atoms in total. The zero-order valence-electron chi connectivity index (χ0n) is 20.7. The molecular weight excluding hydrogens is 512 g/mol. The number of thiazole rings is 1. The molecule has 0 spiro atoms. The van der Waals surface area contributed by atoms with Crippen molar-refractivity contribution in [3.63, 3.8) is 0 Å². The zero-order valence-corrected chi connectivity index (χ0v) is 21.5. The van der Waals surface area contributed by atoms with E-state index in [0.717, 1.165) is 28.4 Å². The minimum atomic E-state index is -1.11. The second kappa shape index (κ2) is 11.8. The third kappa shape index (κ3) is 6.30. The summed E-state index contributed by atoms with van der Waals surface area (Å²) in [7, 11) is 3.23. The van der Waals surface area contributed by atoms with Gasteiger partial charge in [0.15, 0.2) is 0 Å². The van der Waals surface area contributed by atoms with Crippen LogP contribution in [0.1, 0.15) is 5.56 Å². The summed E-state index contributed by atoms with van der Waals surface area (Å²) in [5.41, 5.74) is 4.32. The first kappa shape index (κ1) is 26.7. The van der Waals surface area contributed by atoms with Gasteiger partial charge in [0.1, 0.15) is 17.7 Å². The average Bonchev–Trinajstić information content (AvgIpc) is 3.35. The van der Waals surface area contributed by atoms with Crippen LogP contribution in [0, 0.1) is 11.6 Å². The van der Waals surface area contributed by atoms with Gasteiger partial charge >= 0.3 is 0 Å². The minimum absolute atomic E-state index is 0.129. The highest BCUT2D eigenvalue weighted by atomic mass is 32.1. The van der Waals surface area contributed by atoms with Gasteiger partial charge in [0.05, 0.1) is 33.6 Å². The third-order valence-electron chi connectivity index (χ3n) is 5.94. The Labute approximate surface area is 221 Å². The molecule has 1 atom stereocenters. The molecule has 1 heterocycles. The zero-order chi connectivity index (χ0) is 27.2. The maximum absolute atomic E-state index is 13.9. The normalized spacial score (nSPS) is 11.6. The third-order valence-corrected chi connectivity index (χ3v) is 6.75. The molecule has 4 rings (SSSR count). The molecule has 1 aromatic heterocycles. The van der Waals surface area contributed by atoms with Crippen LogP contribution in [0.25, 0.3) is 10.2 Å². The number of carbonyl (C=O) groups is 3. The van der Waals surface area contributed by atoms with E-state index in [-0.39, 0.29) is 18.5 Å². The van der Waals surface area contributed by atoms with E-state index in [1.807, 2.05) is 6.07 Å². The SMILES string of the molecule is CN(CC(=O)N[C@@H](Cc1cc(F)cc(F)c1)C(=O)N(C)c1ccc2scnc2c1)c1ccccc1NC=O. The average molecular weight is 538 g/mol. The molecule has 0 unspecified atom stereocenters. The Bertz CT molecular complexity index is 1460. The molecule has 11 heteroatoms. The van der Waals surface area contributed by atoms with Crippen molar-refractivity contribution in [2.45, 2.75) is 12.5 Å². The molecule has 0 bridgehead atoms. The van der Waals surface area contributed by atoms with E-state index >= 15 is 0 Å². The fraction of sp³-hybridized carbons (Fsp3) is 0.185. The molecule has 0 aliphatic rings. The summed E-state index contributed by atoms with van der Waals surface area (Å²) < 4.78 is 28.7. The smallest absolute Gasteiger partial charge is 0.249 e. The summed E-state index contributed by atoms with van der Waals surface area (Å²) in [4.78, 5) is 44.8. The van der Waals surface area contributed by atoms with Crippen LogP contribution in [0.2, 0.25) is 0 Å². The van der Waals surface area contributed by atoms with Gasteiger partial charge in [-0.2, -0.15) is 0 Å². The molecule has 38 heavy (non-hydrogen) atoms. The van der Waals surface area contributed by atoms with E-state index < -0.39 is 29.5 Å². The van der Waals surface area contributed by atoms with Crippen LogP contribution in [0.3, 0.4) is 0 Å². The van der Waals surface area contributed by atoms with Gasteiger partial charge in [-0.1, -0.05) is 12.1 Å². The van der Waals surface area contributed by atoms with Crippen LogP contribution >= 0.6 is 11.3 Å². The summed E-state index contributed by atoms with van der Waals surface area (Å²) in [6.45, 7) is -0.145. The van der Waals surface area contributed by atoms with Crippen LogP contribution in [0.15, 0.2) is 66.2 Å². The van der Waals surface area contributed by atoms with Gasteiger partial charge < -0.3 is 20.4 Å². The summed E-state index contributed by atoms with van der Waals surface area (Å²) in [6, 6.07) is 14.2. The van der Waals surface area contributed by atoms with Gasteiger partial charge in [-0.25, -0.2) is 13.8 Å². The number of para-hydroxylation sites is 2. The number of halogens is 2. The topological polar surface area (TPSA) is 94.6 Å². The Morgan fingerprint density at radius 2 is 1.79 bits per heavy atom. The molecule has 3 aromatic carbocycles. The number of nitrogens with zero attached hydrogens (tertiary/aromatic N) is 3. The number of likely N-dealkylation sites (N-methyl/N-ethyl adjacent to an activating group) is 2. The van der Waals surface area contributed by atoms with Crippen LogP contribution in [0.5, 0.6) is 0 Å². The molecule has 2 N–H and O–H groups in total. The monoisotopic (exact) mass is 537 g/mol. The number of anilines is 3. The highest BCUT2D eigenvalue weighted by Gasteiger charge is 2.26. The standard InChI is InChI=1S/C27H25F2N5O3S/c1-33(24-6-4-3-5-21(24)30-15-35)14-26(36)32-23(11-17-9-18(28)12-19(29)10-17)27(37)34(2)20-7-8-25-22(13-20)31-16-38-25/h3-10,12-13,15-16,23H,11,14H2,1-2H3,(H,30,35)(H,32,36)/t23-/m0/s1. The Morgan fingerprint density at radius 1 is 1.05 bits per heavy atom. The van der Waals surface area contributed by atoms with E-state index in [2.05, 4.69) is 15.6 Å². The maximum atomic E-state index is 13.9. The largest absolute Gasteiger partial charge is 0.364 e. The van der Waals surface area contributed by atoms with Crippen LogP contribution < -0.4 is 20.4 Å². The van der Waals surface area contributed by atoms with Crippen LogP contribution in [0.4, 0.5) is 25.8 Å². The molecule has 0 aliphatic heterocycles. The van der Waals surface area contributed by atoms with Gasteiger partial charge in [-0.05, 0) is 48.0 Å². The minimum Gasteiger partial charge on any atom is -0.364 e. The first-order valence-electron chi connectivity index (χ1n) is 11.6. The lowest BCUT2D eigenvalue weighted by Gasteiger charge is -2.27. The van der Waals surface area contributed by atoms with E-state index in [1.54, 1.807) is 60.9 Å². The second-order valence-corrected chi connectivity index (χ2v) is 9.53. The Balaban J connectivity index is 1.56. The fourth-order valence-corrected chi connectivity index (χ4v) is 4.77. The number of nitrogens with one attached hydrogen (secondary N) is 2. The van der Waals surface area contributed by atoms with Gasteiger partial charge in [0.2, 0.25) is 18.2 Å². The van der Waals surface area contributed by atoms with Crippen LogP contribution in [-0.2, 0) is 20.8 Å². The molecule has 0 aliphatic carbocycles. The summed E-state index contributed by atoms with van der Waals surface area (Å²) in [5, 5.41) is 5.31. The molecule has 3 amide bonds. The molecule has 0 saturated heterocycles. The predicted octanol–water partition coefficient (Wildman–Crippen LogP) is 3.97. The van der Waals surface area contributed by atoms with Gasteiger partial charge in [-0.15, -0.1) is 11.3 Å². The number of carbonyl (C=O) groups excluding carboxylic acids is 3. The summed E-state index contributed by atoms with van der Waals surface area (Å²) in [6.07, 6.45) is 0.411. The molecule has 196 valence electrons. The van der Waals surface area contributed by atoms with E-state index in [1.165, 1.54) is 16.2 Å². The number of rotatable bonds is 10. The number of benzene rings is 3. The Morgan fingerprint density at radius 3 is 2.53 bits per heavy atom. The van der Waals surface area contributed by atoms with E-state index in [4.69, 9.17) is 0 Å². The first-order valence-corrected chi connectivity index (χ1v) is 12.5. The number of amides is 3. The van der Waals surface area contributed by atoms with Crippen molar-refractivity contribution < 1.29 is 23.2 Å². The van der Waals surface area contributed by atoms with Crippen molar-refractivity contribution in [3.05, 3.63) is 83.4 Å². The molecule has 0 saturated carbocycles. The number of hydrogen-bond acceptors (Lipinski definition) is 6. The molecule has 0 fully saturated rings. The van der Waals surface area contributed by atoms with E-state index in [0.29, 0.717) is 23.5 Å². The van der Waals surface area contributed by atoms with Crippen molar-refractivity contribution in [1.29, 1.82) is 0 Å².